The van der Waals surface area contributed by atoms with Crippen molar-refractivity contribution in [2.45, 2.75) is 25.8 Å². The molecule has 1 aromatic heterocycles. The van der Waals surface area contributed by atoms with Crippen LogP contribution >= 0.6 is 11.3 Å². The molecule has 3 heterocycles. The molecule has 1 atom stereocenters. The highest BCUT2D eigenvalue weighted by atomic mass is 32.1. The molecule has 2 aliphatic heterocycles. The first-order valence-corrected chi connectivity index (χ1v) is 8.28. The van der Waals surface area contributed by atoms with Gasteiger partial charge in [0.05, 0.1) is 0 Å². The summed E-state index contributed by atoms with van der Waals surface area (Å²) >= 11 is 1.78. The van der Waals surface area contributed by atoms with Crippen LogP contribution in [0.1, 0.15) is 29.7 Å². The molecule has 0 aliphatic carbocycles. The van der Waals surface area contributed by atoms with Gasteiger partial charge in [0, 0.05) is 35.5 Å². The van der Waals surface area contributed by atoms with E-state index in [9.17, 15) is 0 Å². The summed E-state index contributed by atoms with van der Waals surface area (Å²) in [6.07, 6.45) is 4.05. The number of hydrogen-bond donors (Lipinski definition) is 2. The molecule has 1 spiro atoms. The predicted molar refractivity (Wildman–Crippen MR) is 82.7 cm³/mol. The van der Waals surface area contributed by atoms with Crippen LogP contribution in [0.2, 0.25) is 0 Å². The van der Waals surface area contributed by atoms with E-state index in [-0.39, 0.29) is 6.61 Å². The van der Waals surface area contributed by atoms with Gasteiger partial charge in [0.25, 0.3) is 0 Å². The van der Waals surface area contributed by atoms with E-state index in [4.69, 9.17) is 5.11 Å². The lowest BCUT2D eigenvalue weighted by Gasteiger charge is -2.34. The van der Waals surface area contributed by atoms with Crippen molar-refractivity contribution < 1.29 is 5.11 Å². The van der Waals surface area contributed by atoms with E-state index in [2.05, 4.69) is 33.5 Å². The normalized spacial score (nSPS) is 26.6. The molecule has 1 aromatic rings. The lowest BCUT2D eigenvalue weighted by Crippen LogP contribution is -2.41. The molecule has 3 rings (SSSR count). The molecule has 2 aliphatic rings. The summed E-state index contributed by atoms with van der Waals surface area (Å²) in [5.74, 6) is 5.69. The summed E-state index contributed by atoms with van der Waals surface area (Å²) in [7, 11) is 0. The van der Waals surface area contributed by atoms with Crippen LogP contribution in [0.4, 0.5) is 0 Å². The Morgan fingerprint density at radius 1 is 1.45 bits per heavy atom. The number of nitrogens with one attached hydrogen (secondary N) is 1. The molecule has 20 heavy (non-hydrogen) atoms. The van der Waals surface area contributed by atoms with Crippen LogP contribution in [-0.4, -0.2) is 42.8 Å². The quantitative estimate of drug-likeness (QED) is 0.813. The fraction of sp³-hybridized carbons (Fsp3) is 0.625. The van der Waals surface area contributed by atoms with Gasteiger partial charge in [-0.15, -0.1) is 11.3 Å². The average molecular weight is 290 g/mol. The molecule has 0 amide bonds. The lowest BCUT2D eigenvalue weighted by atomic mass is 9.80. The van der Waals surface area contributed by atoms with Crippen LogP contribution in [0, 0.1) is 17.3 Å². The molecule has 2 N–H and O–H groups in total. The Morgan fingerprint density at radius 2 is 2.40 bits per heavy atom. The highest BCUT2D eigenvalue weighted by Crippen LogP contribution is 2.37. The third kappa shape index (κ3) is 3.24. The lowest BCUT2D eigenvalue weighted by molar-refractivity contribution is 0.200. The van der Waals surface area contributed by atoms with Gasteiger partial charge < -0.3 is 10.4 Å². The fourth-order valence-corrected chi connectivity index (χ4v) is 4.29. The summed E-state index contributed by atoms with van der Waals surface area (Å²) in [4.78, 5) is 3.97. The molecule has 4 heteroatoms. The van der Waals surface area contributed by atoms with Crippen molar-refractivity contribution in [3.63, 3.8) is 0 Å². The van der Waals surface area contributed by atoms with Crippen LogP contribution in [-0.2, 0) is 6.54 Å². The van der Waals surface area contributed by atoms with Crippen LogP contribution in [0.3, 0.4) is 0 Å². The van der Waals surface area contributed by atoms with E-state index in [0.717, 1.165) is 12.1 Å². The predicted octanol–water partition coefficient (Wildman–Crippen LogP) is 1.67. The summed E-state index contributed by atoms with van der Waals surface area (Å²) in [6, 6.07) is 2.16. The van der Waals surface area contributed by atoms with E-state index in [1.165, 1.54) is 50.3 Å². The molecular weight excluding hydrogens is 268 g/mol. The Bertz CT molecular complexity index is 508. The maximum atomic E-state index is 8.72. The van der Waals surface area contributed by atoms with Crippen LogP contribution in [0.15, 0.2) is 11.4 Å². The second-order valence-corrected chi connectivity index (χ2v) is 7.00. The Kier molecular flexibility index (Phi) is 4.42. The minimum atomic E-state index is -0.0627. The number of aliphatic hydroxyl groups is 1. The number of likely N-dealkylation sites (tertiary alicyclic amines) is 1. The van der Waals surface area contributed by atoms with Gasteiger partial charge in [-0.05, 0) is 43.8 Å². The first-order chi connectivity index (χ1) is 9.80. The van der Waals surface area contributed by atoms with Crippen LogP contribution in [0.25, 0.3) is 0 Å². The highest BCUT2D eigenvalue weighted by Gasteiger charge is 2.38. The Labute approximate surface area is 125 Å². The van der Waals surface area contributed by atoms with Crippen LogP contribution < -0.4 is 5.32 Å². The Morgan fingerprint density at radius 3 is 3.20 bits per heavy atom. The molecule has 108 valence electrons. The zero-order chi connectivity index (χ0) is 13.8. The van der Waals surface area contributed by atoms with Crippen molar-refractivity contribution >= 4 is 11.3 Å². The second-order valence-electron chi connectivity index (χ2n) is 6.00. The van der Waals surface area contributed by atoms with Crippen molar-refractivity contribution in [2.75, 3.05) is 32.8 Å². The van der Waals surface area contributed by atoms with E-state index < -0.39 is 0 Å². The minimum Gasteiger partial charge on any atom is -0.384 e. The van der Waals surface area contributed by atoms with Crippen molar-refractivity contribution in [1.82, 2.24) is 10.2 Å². The van der Waals surface area contributed by atoms with Crippen molar-refractivity contribution in [1.29, 1.82) is 0 Å². The van der Waals surface area contributed by atoms with Crippen molar-refractivity contribution in [3.05, 3.63) is 21.9 Å². The standard InChI is InChI=1S/C16H22N2OS/c19-8-1-3-14-9-15(20-11-14)10-18-7-5-16(13-18)4-2-6-17-12-16/h9,11,17,19H,2,4-8,10,12-13H2/t16-/m1/s1. The molecular formula is C16H22N2OS. The Hall–Kier alpha value is -0.860. The molecule has 2 fully saturated rings. The third-order valence-electron chi connectivity index (χ3n) is 4.42. The van der Waals surface area contributed by atoms with E-state index in [1.54, 1.807) is 11.3 Å². The topological polar surface area (TPSA) is 35.5 Å². The minimum absolute atomic E-state index is 0.0627. The van der Waals surface area contributed by atoms with Gasteiger partial charge in [-0.3, -0.25) is 4.90 Å². The maximum Gasteiger partial charge on any atom is 0.104 e. The van der Waals surface area contributed by atoms with Gasteiger partial charge >= 0.3 is 0 Å². The third-order valence-corrected chi connectivity index (χ3v) is 5.34. The average Bonchev–Trinajstić information content (AvgIpc) is 3.06. The largest absolute Gasteiger partial charge is 0.384 e. The molecule has 2 saturated heterocycles. The zero-order valence-corrected chi connectivity index (χ0v) is 12.6. The fourth-order valence-electron chi connectivity index (χ4n) is 3.43. The van der Waals surface area contributed by atoms with E-state index in [0.29, 0.717) is 5.41 Å². The first-order valence-electron chi connectivity index (χ1n) is 7.40. The SMILES string of the molecule is OCC#Cc1csc(CN2CC[C@@]3(CCCNC3)C2)c1. The zero-order valence-electron chi connectivity index (χ0n) is 11.8. The van der Waals surface area contributed by atoms with Gasteiger partial charge in [-0.25, -0.2) is 0 Å². The number of hydrogen-bond acceptors (Lipinski definition) is 4. The maximum absolute atomic E-state index is 8.72. The summed E-state index contributed by atoms with van der Waals surface area (Å²) in [5.41, 5.74) is 1.57. The number of nitrogens with zero attached hydrogens (tertiary/aromatic N) is 1. The molecule has 0 unspecified atom stereocenters. The van der Waals surface area contributed by atoms with Crippen molar-refractivity contribution in [3.8, 4) is 11.8 Å². The Balaban J connectivity index is 1.57. The summed E-state index contributed by atoms with van der Waals surface area (Å²) in [5, 5.41) is 14.4. The number of aliphatic hydroxyl groups excluding tert-OH is 1. The highest BCUT2D eigenvalue weighted by molar-refractivity contribution is 7.10. The number of rotatable bonds is 2. The van der Waals surface area contributed by atoms with Gasteiger partial charge in [0.15, 0.2) is 0 Å². The summed E-state index contributed by atoms with van der Waals surface area (Å²) in [6.45, 7) is 5.83. The molecule has 3 nitrogen and oxygen atoms in total. The monoisotopic (exact) mass is 290 g/mol. The second kappa shape index (κ2) is 6.28. The van der Waals surface area contributed by atoms with Crippen molar-refractivity contribution in [2.24, 2.45) is 5.41 Å². The van der Waals surface area contributed by atoms with Gasteiger partial charge in [0.1, 0.15) is 6.61 Å². The van der Waals surface area contributed by atoms with Gasteiger partial charge in [-0.2, -0.15) is 0 Å². The van der Waals surface area contributed by atoms with Gasteiger partial charge in [-0.1, -0.05) is 11.8 Å². The number of thiophene rings is 1. The first kappa shape index (κ1) is 14.1. The molecule has 0 saturated carbocycles. The summed E-state index contributed by atoms with van der Waals surface area (Å²) < 4.78 is 0. The van der Waals surface area contributed by atoms with Crippen LogP contribution in [0.5, 0.6) is 0 Å². The smallest absolute Gasteiger partial charge is 0.104 e. The number of piperidine rings is 1. The van der Waals surface area contributed by atoms with Gasteiger partial charge in [0.2, 0.25) is 0 Å². The van der Waals surface area contributed by atoms with E-state index in [1.807, 2.05) is 0 Å². The molecule has 0 radical (unpaired) electrons. The molecule has 0 aromatic carbocycles. The molecule has 0 bridgehead atoms. The van der Waals surface area contributed by atoms with E-state index >= 15 is 0 Å².